The molecule has 3 aliphatic rings. The SMILES string of the molecule is COc1cccc2c(C(=O)NC3C4(C)CC[C@@H](C4)C3(C)C)c(C)n(CCCN3CCN(C)CC3)c12. The van der Waals surface area contributed by atoms with Gasteiger partial charge in [-0.25, -0.2) is 0 Å². The number of methoxy groups -OCH3 is 1. The molecule has 192 valence electrons. The minimum atomic E-state index is 0.0745. The summed E-state index contributed by atoms with van der Waals surface area (Å²) in [5.41, 5.74) is 3.26. The molecule has 1 amide bonds. The predicted molar refractivity (Wildman–Crippen MR) is 142 cm³/mol. The molecule has 2 aliphatic carbocycles. The maximum Gasteiger partial charge on any atom is 0.253 e. The molecule has 5 rings (SSSR count). The van der Waals surface area contributed by atoms with Crippen molar-refractivity contribution in [2.45, 2.75) is 66.0 Å². The summed E-state index contributed by atoms with van der Waals surface area (Å²) in [6.07, 6.45) is 4.79. The van der Waals surface area contributed by atoms with E-state index in [1.165, 1.54) is 19.3 Å². The van der Waals surface area contributed by atoms with E-state index in [1.54, 1.807) is 7.11 Å². The second-order valence-electron chi connectivity index (χ2n) is 12.3. The Hall–Kier alpha value is -2.05. The third-order valence-electron chi connectivity index (χ3n) is 9.75. The van der Waals surface area contributed by atoms with Gasteiger partial charge in [-0.05, 0) is 69.0 Å². The van der Waals surface area contributed by atoms with Crippen LogP contribution in [0, 0.1) is 23.7 Å². The number of carbonyl (C=O) groups excluding carboxylic acids is 1. The molecule has 3 fully saturated rings. The van der Waals surface area contributed by atoms with Gasteiger partial charge in [-0.1, -0.05) is 32.9 Å². The van der Waals surface area contributed by atoms with E-state index in [0.717, 1.165) is 73.6 Å². The standard InChI is InChI=1S/C29H44N4O2/c1-20-24(26(34)30-27-28(2,3)21-11-12-29(27,4)19-21)22-9-7-10-23(35-6)25(22)33(20)14-8-13-32-17-15-31(5)16-18-32/h7,9-10,21,27H,8,11-19H2,1-6H3,(H,30,34)/t21-,27?,29?/m0/s1. The molecule has 0 spiro atoms. The third-order valence-corrected chi connectivity index (χ3v) is 9.75. The Balaban J connectivity index is 1.41. The molecule has 6 heteroatoms. The first-order valence-electron chi connectivity index (χ1n) is 13.5. The van der Waals surface area contributed by atoms with Gasteiger partial charge in [0.05, 0.1) is 18.2 Å². The Kier molecular flexibility index (Phi) is 6.41. The number of nitrogens with one attached hydrogen (secondary N) is 1. The minimum absolute atomic E-state index is 0.0745. The van der Waals surface area contributed by atoms with Crippen LogP contribution in [0.2, 0.25) is 0 Å². The summed E-state index contributed by atoms with van der Waals surface area (Å²) in [5.74, 6) is 1.62. The highest BCUT2D eigenvalue weighted by atomic mass is 16.5. The summed E-state index contributed by atoms with van der Waals surface area (Å²) in [6.45, 7) is 15.7. The number of ether oxygens (including phenoxy) is 1. The van der Waals surface area contributed by atoms with Gasteiger partial charge in [0.2, 0.25) is 0 Å². The second-order valence-corrected chi connectivity index (χ2v) is 12.3. The number of amides is 1. The highest BCUT2D eigenvalue weighted by Gasteiger charge is 2.59. The van der Waals surface area contributed by atoms with Crippen molar-refractivity contribution in [1.29, 1.82) is 0 Å². The van der Waals surface area contributed by atoms with E-state index in [1.807, 2.05) is 12.1 Å². The largest absolute Gasteiger partial charge is 0.495 e. The molecule has 2 heterocycles. The monoisotopic (exact) mass is 480 g/mol. The summed E-state index contributed by atoms with van der Waals surface area (Å²) in [6, 6.07) is 6.32. The molecule has 1 aliphatic heterocycles. The Labute approximate surface area is 211 Å². The van der Waals surface area contributed by atoms with Gasteiger partial charge in [0, 0.05) is 49.8 Å². The first kappa shape index (κ1) is 24.6. The molecule has 2 bridgehead atoms. The molecule has 2 unspecified atom stereocenters. The maximum absolute atomic E-state index is 13.9. The van der Waals surface area contributed by atoms with E-state index in [0.29, 0.717) is 5.92 Å². The molecular weight excluding hydrogens is 436 g/mol. The number of hydrogen-bond donors (Lipinski definition) is 1. The molecule has 1 aromatic heterocycles. The Morgan fingerprint density at radius 1 is 1.14 bits per heavy atom. The summed E-state index contributed by atoms with van der Waals surface area (Å²) in [4.78, 5) is 18.9. The maximum atomic E-state index is 13.9. The Bertz CT molecular complexity index is 1090. The number of para-hydroxylation sites is 1. The number of aryl methyl sites for hydroxylation is 1. The Morgan fingerprint density at radius 2 is 1.89 bits per heavy atom. The van der Waals surface area contributed by atoms with Gasteiger partial charge in [0.1, 0.15) is 5.75 Å². The van der Waals surface area contributed by atoms with E-state index >= 15 is 0 Å². The van der Waals surface area contributed by atoms with Crippen molar-refractivity contribution >= 4 is 16.8 Å². The number of carbonyl (C=O) groups is 1. The van der Waals surface area contributed by atoms with Crippen molar-refractivity contribution in [2.75, 3.05) is 46.9 Å². The molecule has 6 nitrogen and oxygen atoms in total. The predicted octanol–water partition coefficient (Wildman–Crippen LogP) is 4.54. The van der Waals surface area contributed by atoms with Crippen LogP contribution in [0.4, 0.5) is 0 Å². The number of benzene rings is 1. The zero-order valence-corrected chi connectivity index (χ0v) is 22.6. The van der Waals surface area contributed by atoms with Gasteiger partial charge >= 0.3 is 0 Å². The number of fused-ring (bicyclic) bond motifs is 3. The van der Waals surface area contributed by atoms with Crippen LogP contribution in [0.25, 0.3) is 10.9 Å². The van der Waals surface area contributed by atoms with Crippen LogP contribution in [0.3, 0.4) is 0 Å². The minimum Gasteiger partial charge on any atom is -0.495 e. The fraction of sp³-hybridized carbons (Fsp3) is 0.690. The molecule has 1 aromatic carbocycles. The molecule has 1 N–H and O–H groups in total. The van der Waals surface area contributed by atoms with Crippen molar-refractivity contribution in [3.8, 4) is 5.75 Å². The number of aromatic nitrogens is 1. The van der Waals surface area contributed by atoms with Crippen molar-refractivity contribution in [1.82, 2.24) is 19.7 Å². The number of hydrogen-bond acceptors (Lipinski definition) is 4. The second kappa shape index (κ2) is 9.11. The zero-order valence-electron chi connectivity index (χ0n) is 22.6. The van der Waals surface area contributed by atoms with Crippen LogP contribution in [-0.2, 0) is 6.54 Å². The summed E-state index contributed by atoms with van der Waals surface area (Å²) < 4.78 is 8.10. The number of likely N-dealkylation sites (N-methyl/N-ethyl adjacent to an activating group) is 1. The zero-order chi connectivity index (χ0) is 25.0. The van der Waals surface area contributed by atoms with Gasteiger partial charge in [-0.15, -0.1) is 0 Å². The van der Waals surface area contributed by atoms with Gasteiger partial charge in [0.15, 0.2) is 0 Å². The van der Waals surface area contributed by atoms with E-state index in [-0.39, 0.29) is 22.8 Å². The summed E-state index contributed by atoms with van der Waals surface area (Å²) in [5, 5.41) is 4.55. The lowest BCUT2D eigenvalue weighted by molar-refractivity contribution is 0.0738. The van der Waals surface area contributed by atoms with Crippen LogP contribution in [0.5, 0.6) is 5.75 Å². The lowest BCUT2D eigenvalue weighted by Gasteiger charge is -2.43. The average Bonchev–Trinajstić information content (AvgIpc) is 3.42. The van der Waals surface area contributed by atoms with Crippen LogP contribution >= 0.6 is 0 Å². The van der Waals surface area contributed by atoms with Crippen LogP contribution in [0.1, 0.15) is 62.5 Å². The van der Waals surface area contributed by atoms with E-state index < -0.39 is 0 Å². The average molecular weight is 481 g/mol. The first-order chi connectivity index (χ1) is 16.7. The van der Waals surface area contributed by atoms with Crippen LogP contribution < -0.4 is 10.1 Å². The lowest BCUT2D eigenvalue weighted by Crippen LogP contribution is -2.52. The molecule has 3 atom stereocenters. The smallest absolute Gasteiger partial charge is 0.253 e. The molecular formula is C29H44N4O2. The number of nitrogens with zero attached hydrogens (tertiary/aromatic N) is 3. The number of piperazine rings is 1. The van der Waals surface area contributed by atoms with Crippen molar-refractivity contribution in [3.05, 3.63) is 29.5 Å². The van der Waals surface area contributed by atoms with Gasteiger partial charge < -0.3 is 24.4 Å². The fourth-order valence-electron chi connectivity index (χ4n) is 7.62. The van der Waals surface area contributed by atoms with Crippen molar-refractivity contribution in [3.63, 3.8) is 0 Å². The van der Waals surface area contributed by atoms with Gasteiger partial charge in [-0.3, -0.25) is 4.79 Å². The molecule has 2 aromatic rings. The fourth-order valence-corrected chi connectivity index (χ4v) is 7.62. The quantitative estimate of drug-likeness (QED) is 0.632. The van der Waals surface area contributed by atoms with Crippen LogP contribution in [0.15, 0.2) is 18.2 Å². The molecule has 35 heavy (non-hydrogen) atoms. The highest BCUT2D eigenvalue weighted by molar-refractivity contribution is 6.09. The highest BCUT2D eigenvalue weighted by Crippen LogP contribution is 2.62. The first-order valence-corrected chi connectivity index (χ1v) is 13.5. The molecule has 0 radical (unpaired) electrons. The molecule has 2 saturated carbocycles. The summed E-state index contributed by atoms with van der Waals surface area (Å²) in [7, 11) is 3.92. The normalized spacial score (nSPS) is 28.6. The molecule has 1 saturated heterocycles. The van der Waals surface area contributed by atoms with Crippen molar-refractivity contribution in [2.24, 2.45) is 16.7 Å². The topological polar surface area (TPSA) is 49.7 Å². The van der Waals surface area contributed by atoms with Gasteiger partial charge in [-0.2, -0.15) is 0 Å². The number of rotatable bonds is 7. The van der Waals surface area contributed by atoms with Crippen molar-refractivity contribution < 1.29 is 9.53 Å². The van der Waals surface area contributed by atoms with E-state index in [9.17, 15) is 4.79 Å². The van der Waals surface area contributed by atoms with Gasteiger partial charge in [0.25, 0.3) is 5.91 Å². The summed E-state index contributed by atoms with van der Waals surface area (Å²) >= 11 is 0. The van der Waals surface area contributed by atoms with Crippen LogP contribution in [-0.4, -0.2) is 73.2 Å². The Morgan fingerprint density at radius 3 is 2.54 bits per heavy atom. The third kappa shape index (κ3) is 4.17. The lowest BCUT2D eigenvalue weighted by atomic mass is 9.68. The van der Waals surface area contributed by atoms with E-state index in [2.05, 4.69) is 60.5 Å². The van der Waals surface area contributed by atoms with E-state index in [4.69, 9.17) is 4.74 Å².